The summed E-state index contributed by atoms with van der Waals surface area (Å²) >= 11 is 7.32. The second-order valence-corrected chi connectivity index (χ2v) is 5.01. The average molecular weight is 240 g/mol. The van der Waals surface area contributed by atoms with Crippen LogP contribution in [0.1, 0.15) is 16.5 Å². The van der Waals surface area contributed by atoms with Crippen LogP contribution in [0.4, 0.5) is 0 Å². The molecule has 78 valence electrons. The lowest BCUT2D eigenvalue weighted by Crippen LogP contribution is -2.00. The first-order chi connectivity index (χ1) is 7.25. The van der Waals surface area contributed by atoms with Gasteiger partial charge in [-0.3, -0.25) is 4.98 Å². The normalized spacial score (nSPS) is 12.7. The van der Waals surface area contributed by atoms with Crippen molar-refractivity contribution in [3.05, 3.63) is 51.4 Å². The van der Waals surface area contributed by atoms with Crippen LogP contribution in [0.3, 0.4) is 0 Å². The Balaban J connectivity index is 2.07. The van der Waals surface area contributed by atoms with Crippen molar-refractivity contribution in [1.29, 1.82) is 0 Å². The third-order valence-corrected chi connectivity index (χ3v) is 3.37. The van der Waals surface area contributed by atoms with Crippen LogP contribution < -0.4 is 0 Å². The minimum Gasteiger partial charge on any atom is -0.388 e. The van der Waals surface area contributed by atoms with Crippen molar-refractivity contribution in [2.75, 3.05) is 0 Å². The third kappa shape index (κ3) is 2.78. The predicted molar refractivity (Wildman–Crippen MR) is 62.2 cm³/mol. The summed E-state index contributed by atoms with van der Waals surface area (Å²) in [5, 5.41) is 9.92. The van der Waals surface area contributed by atoms with Crippen LogP contribution in [0, 0.1) is 0 Å². The molecule has 1 atom stereocenters. The molecule has 0 radical (unpaired) electrons. The molecule has 0 spiro atoms. The van der Waals surface area contributed by atoms with E-state index in [4.69, 9.17) is 11.6 Å². The van der Waals surface area contributed by atoms with Gasteiger partial charge >= 0.3 is 0 Å². The number of rotatable bonds is 3. The van der Waals surface area contributed by atoms with E-state index in [1.54, 1.807) is 12.4 Å². The number of nitrogens with zero attached hydrogens (tertiary/aromatic N) is 1. The van der Waals surface area contributed by atoms with Gasteiger partial charge in [0.25, 0.3) is 0 Å². The van der Waals surface area contributed by atoms with Crippen LogP contribution in [0.15, 0.2) is 36.7 Å². The molecule has 2 nitrogen and oxygen atoms in total. The Bertz CT molecular complexity index is 429. The van der Waals surface area contributed by atoms with Crippen molar-refractivity contribution < 1.29 is 5.11 Å². The van der Waals surface area contributed by atoms with Crippen molar-refractivity contribution in [2.24, 2.45) is 0 Å². The molecule has 2 aromatic heterocycles. The van der Waals surface area contributed by atoms with Gasteiger partial charge in [0.15, 0.2) is 0 Å². The van der Waals surface area contributed by atoms with E-state index >= 15 is 0 Å². The van der Waals surface area contributed by atoms with Crippen LogP contribution in [-0.4, -0.2) is 10.1 Å². The number of hydrogen-bond acceptors (Lipinski definition) is 3. The van der Waals surface area contributed by atoms with Crippen molar-refractivity contribution in [3.8, 4) is 0 Å². The highest BCUT2D eigenvalue weighted by atomic mass is 35.5. The van der Waals surface area contributed by atoms with E-state index in [0.29, 0.717) is 6.42 Å². The maximum Gasteiger partial charge on any atom is 0.0931 e. The first-order valence-electron chi connectivity index (χ1n) is 4.58. The van der Waals surface area contributed by atoms with Gasteiger partial charge < -0.3 is 5.11 Å². The van der Waals surface area contributed by atoms with E-state index in [2.05, 4.69) is 4.98 Å². The van der Waals surface area contributed by atoms with E-state index in [1.807, 2.05) is 24.3 Å². The number of aromatic nitrogens is 1. The summed E-state index contributed by atoms with van der Waals surface area (Å²) in [7, 11) is 0. The summed E-state index contributed by atoms with van der Waals surface area (Å²) in [5.41, 5.74) is 0.884. The zero-order valence-corrected chi connectivity index (χ0v) is 9.50. The summed E-state index contributed by atoms with van der Waals surface area (Å²) in [6.45, 7) is 0. The maximum atomic E-state index is 9.92. The molecule has 0 aliphatic carbocycles. The molecule has 0 amide bonds. The van der Waals surface area contributed by atoms with Crippen LogP contribution in [0.25, 0.3) is 0 Å². The van der Waals surface area contributed by atoms with E-state index < -0.39 is 6.10 Å². The van der Waals surface area contributed by atoms with Crippen molar-refractivity contribution >= 4 is 22.9 Å². The smallest absolute Gasteiger partial charge is 0.0931 e. The van der Waals surface area contributed by atoms with Crippen LogP contribution >= 0.6 is 22.9 Å². The fraction of sp³-hybridized carbons (Fsp3) is 0.182. The van der Waals surface area contributed by atoms with Gasteiger partial charge in [0, 0.05) is 23.7 Å². The zero-order chi connectivity index (χ0) is 10.7. The molecular formula is C11H10ClNOS. The number of halogens is 1. The molecule has 2 rings (SSSR count). The van der Waals surface area contributed by atoms with E-state index in [9.17, 15) is 5.11 Å². The number of pyridine rings is 1. The Morgan fingerprint density at radius 1 is 1.27 bits per heavy atom. The molecule has 0 fully saturated rings. The van der Waals surface area contributed by atoms with Crippen molar-refractivity contribution in [1.82, 2.24) is 4.98 Å². The van der Waals surface area contributed by atoms with E-state index in [-0.39, 0.29) is 0 Å². The lowest BCUT2D eigenvalue weighted by molar-refractivity contribution is 0.179. The van der Waals surface area contributed by atoms with Gasteiger partial charge in [0.1, 0.15) is 0 Å². The lowest BCUT2D eigenvalue weighted by Gasteiger charge is -2.08. The number of aliphatic hydroxyl groups is 1. The van der Waals surface area contributed by atoms with Gasteiger partial charge in [-0.1, -0.05) is 11.6 Å². The summed E-state index contributed by atoms with van der Waals surface area (Å²) in [6, 6.07) is 7.43. The Kier molecular flexibility index (Phi) is 3.36. The van der Waals surface area contributed by atoms with E-state index in [1.165, 1.54) is 11.3 Å². The Morgan fingerprint density at radius 2 is 2.00 bits per heavy atom. The molecule has 0 aliphatic rings. The Morgan fingerprint density at radius 3 is 2.60 bits per heavy atom. The molecule has 15 heavy (non-hydrogen) atoms. The van der Waals surface area contributed by atoms with Crippen LogP contribution in [-0.2, 0) is 6.42 Å². The molecule has 0 bridgehead atoms. The molecule has 2 aromatic rings. The molecular weight excluding hydrogens is 230 g/mol. The number of hydrogen-bond donors (Lipinski definition) is 1. The largest absolute Gasteiger partial charge is 0.388 e. The molecule has 4 heteroatoms. The second-order valence-electron chi connectivity index (χ2n) is 3.21. The molecule has 1 unspecified atom stereocenters. The maximum absolute atomic E-state index is 9.92. The number of thiophene rings is 1. The first kappa shape index (κ1) is 10.6. The fourth-order valence-electron chi connectivity index (χ4n) is 1.36. The summed E-state index contributed by atoms with van der Waals surface area (Å²) in [6.07, 6.45) is 3.48. The topological polar surface area (TPSA) is 33.1 Å². The van der Waals surface area contributed by atoms with Gasteiger partial charge in [-0.2, -0.15) is 0 Å². The second kappa shape index (κ2) is 4.75. The predicted octanol–water partition coefficient (Wildman–Crippen LogP) is 3.07. The third-order valence-electron chi connectivity index (χ3n) is 2.11. The Hall–Kier alpha value is -0.900. The molecule has 0 aliphatic heterocycles. The van der Waals surface area contributed by atoms with Gasteiger partial charge in [0.2, 0.25) is 0 Å². The van der Waals surface area contributed by atoms with Gasteiger partial charge in [-0.05, 0) is 29.8 Å². The Labute approximate surface area is 97.2 Å². The monoisotopic (exact) mass is 239 g/mol. The minimum atomic E-state index is -0.484. The van der Waals surface area contributed by atoms with Crippen molar-refractivity contribution in [2.45, 2.75) is 12.5 Å². The highest BCUT2D eigenvalue weighted by Crippen LogP contribution is 2.26. The average Bonchev–Trinajstić information content (AvgIpc) is 2.65. The fourth-order valence-corrected chi connectivity index (χ4v) is 2.48. The van der Waals surface area contributed by atoms with Gasteiger partial charge in [-0.15, -0.1) is 11.3 Å². The molecule has 0 saturated heterocycles. The quantitative estimate of drug-likeness (QED) is 0.893. The van der Waals surface area contributed by atoms with Crippen LogP contribution in [0.2, 0.25) is 4.34 Å². The highest BCUT2D eigenvalue weighted by Gasteiger charge is 2.09. The van der Waals surface area contributed by atoms with Gasteiger partial charge in [-0.25, -0.2) is 0 Å². The molecule has 2 heterocycles. The zero-order valence-electron chi connectivity index (χ0n) is 7.93. The van der Waals surface area contributed by atoms with Crippen LogP contribution in [0.5, 0.6) is 0 Å². The molecule has 0 saturated carbocycles. The lowest BCUT2D eigenvalue weighted by atomic mass is 10.1. The summed E-state index contributed by atoms with van der Waals surface area (Å²) in [5.74, 6) is 0. The molecule has 1 N–H and O–H groups in total. The van der Waals surface area contributed by atoms with Crippen molar-refractivity contribution in [3.63, 3.8) is 0 Å². The van der Waals surface area contributed by atoms with E-state index in [0.717, 1.165) is 14.8 Å². The first-order valence-corrected chi connectivity index (χ1v) is 5.77. The minimum absolute atomic E-state index is 0.484. The number of aliphatic hydroxyl groups excluding tert-OH is 1. The summed E-state index contributed by atoms with van der Waals surface area (Å²) < 4.78 is 0.756. The SMILES string of the molecule is OC(Cc1ccc(Cl)s1)c1ccncc1. The standard InChI is InChI=1S/C11H10ClNOS/c12-11-2-1-9(15-11)7-10(14)8-3-5-13-6-4-8/h1-6,10,14H,7H2. The highest BCUT2D eigenvalue weighted by molar-refractivity contribution is 7.16. The van der Waals surface area contributed by atoms with Gasteiger partial charge in [0.05, 0.1) is 10.4 Å². The summed E-state index contributed by atoms with van der Waals surface area (Å²) in [4.78, 5) is 5.00. The molecule has 0 aromatic carbocycles.